The Kier molecular flexibility index (Phi) is 13.6. The molecule has 0 spiro atoms. The van der Waals surface area contributed by atoms with Crippen molar-refractivity contribution in [2.75, 3.05) is 52.4 Å². The van der Waals surface area contributed by atoms with E-state index in [2.05, 4.69) is 39.5 Å². The van der Waals surface area contributed by atoms with E-state index in [0.717, 1.165) is 61.3 Å². The van der Waals surface area contributed by atoms with Gasteiger partial charge in [-0.1, -0.05) is 39.5 Å². The molecule has 0 radical (unpaired) electrons. The third-order valence-corrected chi connectivity index (χ3v) is 5.11. The minimum absolute atomic E-state index is 0.982. The molecular weight excluding hydrogens is 316 g/mol. The van der Waals surface area contributed by atoms with Gasteiger partial charge in [0, 0.05) is 0 Å². The molecule has 0 rings (SSSR count). The standard InChI is InChI=1S/C24H42N2/c1-7-17-25(18-8-2,19-9-3)23-15-13-14-16-24-26(20-10-4,21-11-5)22-12-6/h7-12H,1-6,13-24H2/q+2. The molecule has 0 bridgehead atoms. The average molecular weight is 359 g/mol. The Hall–Kier alpha value is -1.64. The summed E-state index contributed by atoms with van der Waals surface area (Å²) in [7, 11) is 0. The summed E-state index contributed by atoms with van der Waals surface area (Å²) in [4.78, 5) is 0. The van der Waals surface area contributed by atoms with Crippen molar-refractivity contribution in [1.82, 2.24) is 0 Å². The third kappa shape index (κ3) is 9.17. The van der Waals surface area contributed by atoms with E-state index in [-0.39, 0.29) is 0 Å². The molecule has 0 aliphatic rings. The maximum atomic E-state index is 3.94. The van der Waals surface area contributed by atoms with Crippen LogP contribution >= 0.6 is 0 Å². The summed E-state index contributed by atoms with van der Waals surface area (Å²) in [5.41, 5.74) is 0. The minimum atomic E-state index is 0.982. The zero-order valence-electron chi connectivity index (χ0n) is 17.1. The molecule has 0 aliphatic carbocycles. The van der Waals surface area contributed by atoms with Gasteiger partial charge in [-0.05, 0) is 62.1 Å². The van der Waals surface area contributed by atoms with Gasteiger partial charge in [0.05, 0.1) is 52.4 Å². The average Bonchev–Trinajstić information content (AvgIpc) is 2.59. The number of unbranched alkanes of at least 4 members (excludes halogenated alkanes) is 3. The van der Waals surface area contributed by atoms with Gasteiger partial charge in [-0.25, -0.2) is 0 Å². The quantitative estimate of drug-likeness (QED) is 0.167. The second-order valence-corrected chi connectivity index (χ2v) is 7.37. The summed E-state index contributed by atoms with van der Waals surface area (Å²) in [5.74, 6) is 0. The molecule has 0 fully saturated rings. The van der Waals surface area contributed by atoms with Crippen molar-refractivity contribution in [3.05, 3.63) is 75.9 Å². The van der Waals surface area contributed by atoms with Gasteiger partial charge in [-0.2, -0.15) is 0 Å². The van der Waals surface area contributed by atoms with Crippen LogP contribution in [0.3, 0.4) is 0 Å². The van der Waals surface area contributed by atoms with Crippen molar-refractivity contribution in [2.24, 2.45) is 0 Å². The molecule has 0 aliphatic heterocycles. The van der Waals surface area contributed by atoms with E-state index >= 15 is 0 Å². The fourth-order valence-corrected chi connectivity index (χ4v) is 3.89. The molecule has 0 saturated heterocycles. The van der Waals surface area contributed by atoms with E-state index in [4.69, 9.17) is 0 Å². The number of rotatable bonds is 19. The number of hydrogen-bond acceptors (Lipinski definition) is 0. The molecule has 0 aromatic rings. The number of quaternary nitrogens is 2. The molecule has 0 atom stereocenters. The second-order valence-electron chi connectivity index (χ2n) is 7.37. The van der Waals surface area contributed by atoms with Gasteiger partial charge in [0.15, 0.2) is 0 Å². The SMILES string of the molecule is C=CC[N+](CC=C)(CC=C)CCCCCC[N+](CC=C)(CC=C)CC=C. The largest absolute Gasteiger partial charge is 0.314 e. The molecule has 0 aromatic heterocycles. The van der Waals surface area contributed by atoms with Gasteiger partial charge in [0.25, 0.3) is 0 Å². The summed E-state index contributed by atoms with van der Waals surface area (Å²) >= 11 is 0. The van der Waals surface area contributed by atoms with Crippen molar-refractivity contribution < 1.29 is 8.97 Å². The molecular formula is C24H42N2+2. The third-order valence-electron chi connectivity index (χ3n) is 5.11. The molecule has 2 heteroatoms. The Balaban J connectivity index is 4.48. The lowest BCUT2D eigenvalue weighted by molar-refractivity contribution is -0.912. The topological polar surface area (TPSA) is 0 Å². The van der Waals surface area contributed by atoms with Crippen molar-refractivity contribution in [2.45, 2.75) is 25.7 Å². The van der Waals surface area contributed by atoms with Crippen LogP contribution < -0.4 is 0 Å². The van der Waals surface area contributed by atoms with Crippen LogP contribution in [0.25, 0.3) is 0 Å². The van der Waals surface area contributed by atoms with Crippen LogP contribution in [0.1, 0.15) is 25.7 Å². The molecule has 0 saturated carbocycles. The highest BCUT2D eigenvalue weighted by Gasteiger charge is 2.23. The summed E-state index contributed by atoms with van der Waals surface area (Å²) in [6.07, 6.45) is 17.2. The zero-order valence-corrected chi connectivity index (χ0v) is 17.1. The van der Waals surface area contributed by atoms with Crippen LogP contribution in [0.4, 0.5) is 0 Å². The molecule has 146 valence electrons. The van der Waals surface area contributed by atoms with Crippen molar-refractivity contribution in [1.29, 1.82) is 0 Å². The van der Waals surface area contributed by atoms with E-state index in [0.29, 0.717) is 0 Å². The Morgan fingerprint density at radius 3 is 0.808 bits per heavy atom. The van der Waals surface area contributed by atoms with Crippen LogP contribution in [0.5, 0.6) is 0 Å². The fraction of sp³-hybridized carbons (Fsp3) is 0.500. The van der Waals surface area contributed by atoms with Gasteiger partial charge in [0.2, 0.25) is 0 Å². The van der Waals surface area contributed by atoms with Gasteiger partial charge in [-0.15, -0.1) is 0 Å². The Labute approximate surface area is 163 Å². The van der Waals surface area contributed by atoms with Crippen molar-refractivity contribution in [3.8, 4) is 0 Å². The monoisotopic (exact) mass is 358 g/mol. The molecule has 26 heavy (non-hydrogen) atoms. The number of nitrogens with zero attached hydrogens (tertiary/aromatic N) is 2. The zero-order chi connectivity index (χ0) is 19.7. The summed E-state index contributed by atoms with van der Waals surface area (Å²) in [5, 5.41) is 0. The summed E-state index contributed by atoms with van der Waals surface area (Å²) in [6, 6.07) is 0. The molecule has 0 aromatic carbocycles. The maximum absolute atomic E-state index is 3.94. The van der Waals surface area contributed by atoms with Crippen LogP contribution in [0.15, 0.2) is 75.9 Å². The highest BCUT2D eigenvalue weighted by atomic mass is 15.3. The lowest BCUT2D eigenvalue weighted by Crippen LogP contribution is -2.49. The van der Waals surface area contributed by atoms with Crippen LogP contribution in [-0.4, -0.2) is 61.3 Å². The Morgan fingerprint density at radius 2 is 0.615 bits per heavy atom. The predicted octanol–water partition coefficient (Wildman–Crippen LogP) is 5.30. The van der Waals surface area contributed by atoms with Crippen LogP contribution in [0.2, 0.25) is 0 Å². The van der Waals surface area contributed by atoms with Crippen molar-refractivity contribution >= 4 is 0 Å². The summed E-state index contributed by atoms with van der Waals surface area (Å²) < 4.78 is 2.00. The van der Waals surface area contributed by atoms with Gasteiger partial charge < -0.3 is 8.97 Å². The van der Waals surface area contributed by atoms with E-state index in [1.54, 1.807) is 0 Å². The van der Waals surface area contributed by atoms with Crippen LogP contribution in [0, 0.1) is 0 Å². The van der Waals surface area contributed by atoms with Crippen molar-refractivity contribution in [3.63, 3.8) is 0 Å². The first-order chi connectivity index (χ1) is 12.6. The molecule has 0 heterocycles. The normalized spacial score (nSPS) is 11.5. The van der Waals surface area contributed by atoms with Gasteiger partial charge in [-0.3, -0.25) is 0 Å². The molecule has 0 unspecified atom stereocenters. The minimum Gasteiger partial charge on any atom is -0.314 e. The lowest BCUT2D eigenvalue weighted by Gasteiger charge is -2.37. The number of hydrogen-bond donors (Lipinski definition) is 0. The molecule has 2 nitrogen and oxygen atoms in total. The van der Waals surface area contributed by atoms with Gasteiger partial charge in [0.1, 0.15) is 0 Å². The second kappa shape index (κ2) is 14.5. The lowest BCUT2D eigenvalue weighted by atomic mass is 10.1. The maximum Gasteiger partial charge on any atom is 0.0975 e. The highest BCUT2D eigenvalue weighted by molar-refractivity contribution is 4.77. The van der Waals surface area contributed by atoms with E-state index in [9.17, 15) is 0 Å². The van der Waals surface area contributed by atoms with Crippen LogP contribution in [-0.2, 0) is 0 Å². The Bertz CT molecular complexity index is 352. The first-order valence-corrected chi connectivity index (χ1v) is 9.93. The van der Waals surface area contributed by atoms with E-state index in [1.165, 1.54) is 25.7 Å². The fourth-order valence-electron chi connectivity index (χ4n) is 3.89. The Morgan fingerprint density at radius 1 is 0.385 bits per heavy atom. The first-order valence-electron chi connectivity index (χ1n) is 9.93. The van der Waals surface area contributed by atoms with E-state index in [1.807, 2.05) is 36.5 Å². The van der Waals surface area contributed by atoms with E-state index < -0.39 is 0 Å². The highest BCUT2D eigenvalue weighted by Crippen LogP contribution is 2.15. The first kappa shape index (κ1) is 24.4. The molecule has 0 N–H and O–H groups in total. The predicted molar refractivity (Wildman–Crippen MR) is 119 cm³/mol. The molecule has 0 amide bonds. The summed E-state index contributed by atoms with van der Waals surface area (Å²) in [6.45, 7) is 31.8. The van der Waals surface area contributed by atoms with Gasteiger partial charge >= 0.3 is 0 Å². The smallest absolute Gasteiger partial charge is 0.0975 e.